The molecule has 5 nitrogen and oxygen atoms in total. The van der Waals surface area contributed by atoms with Crippen molar-refractivity contribution in [1.82, 2.24) is 4.90 Å². The summed E-state index contributed by atoms with van der Waals surface area (Å²) in [6, 6.07) is 4.35. The molecule has 8 heteroatoms. The molecule has 2 rings (SSSR count). The predicted octanol–water partition coefficient (Wildman–Crippen LogP) is 3.64. The minimum Gasteiger partial charge on any atom is -0.289 e. The van der Waals surface area contributed by atoms with Crippen LogP contribution < -0.4 is 0 Å². The summed E-state index contributed by atoms with van der Waals surface area (Å²) in [4.78, 5) is 24.3. The number of halogens is 1. The molecule has 0 aliphatic carbocycles. The average molecular weight is 341 g/mol. The highest BCUT2D eigenvalue weighted by Crippen LogP contribution is 2.33. The van der Waals surface area contributed by atoms with Crippen LogP contribution in [0.5, 0.6) is 0 Å². The van der Waals surface area contributed by atoms with Gasteiger partial charge < -0.3 is 0 Å². The molecule has 1 heterocycles. The van der Waals surface area contributed by atoms with Crippen molar-refractivity contribution in [3.63, 3.8) is 0 Å². The topological polar surface area (TPSA) is 63.5 Å². The molecule has 0 N–H and O–H groups in total. The standard InChI is InChI=1S/C13H9ClN2O3S2/c1-2-5-15-12(17)11(21-13(15)20)7-8-3-4-9(14)10(6-8)16(18)19/h2-4,6-7H,1,5H2. The molecule has 108 valence electrons. The second kappa shape index (κ2) is 6.38. The zero-order valence-corrected chi connectivity index (χ0v) is 13.0. The van der Waals surface area contributed by atoms with E-state index in [9.17, 15) is 14.9 Å². The van der Waals surface area contributed by atoms with Crippen LogP contribution in [0, 0.1) is 10.1 Å². The van der Waals surface area contributed by atoms with E-state index in [0.29, 0.717) is 21.3 Å². The Labute approximate surface area is 135 Å². The quantitative estimate of drug-likeness (QED) is 0.275. The molecule has 0 bridgehead atoms. The fourth-order valence-corrected chi connectivity index (χ4v) is 3.16. The number of hydrogen-bond acceptors (Lipinski definition) is 5. The van der Waals surface area contributed by atoms with E-state index in [4.69, 9.17) is 23.8 Å². The molecule has 0 atom stereocenters. The van der Waals surface area contributed by atoms with Crippen LogP contribution in [0.3, 0.4) is 0 Å². The summed E-state index contributed by atoms with van der Waals surface area (Å²) >= 11 is 12.0. The highest BCUT2D eigenvalue weighted by molar-refractivity contribution is 8.26. The van der Waals surface area contributed by atoms with Crippen molar-refractivity contribution in [1.29, 1.82) is 0 Å². The van der Waals surface area contributed by atoms with Crippen LogP contribution in [0.1, 0.15) is 5.56 Å². The first-order valence-electron chi connectivity index (χ1n) is 5.74. The number of nitro groups is 1. The second-order valence-corrected chi connectivity index (χ2v) is 6.13. The number of benzene rings is 1. The van der Waals surface area contributed by atoms with Gasteiger partial charge >= 0.3 is 0 Å². The largest absolute Gasteiger partial charge is 0.289 e. The first-order chi connectivity index (χ1) is 9.93. The molecule has 1 aromatic carbocycles. The van der Waals surface area contributed by atoms with Gasteiger partial charge in [0.2, 0.25) is 0 Å². The Morgan fingerprint density at radius 1 is 1.52 bits per heavy atom. The summed E-state index contributed by atoms with van der Waals surface area (Å²) < 4.78 is 0.439. The van der Waals surface area contributed by atoms with Crippen LogP contribution in [0.2, 0.25) is 5.02 Å². The number of carbonyl (C=O) groups is 1. The van der Waals surface area contributed by atoms with Crippen LogP contribution >= 0.6 is 35.6 Å². The average Bonchev–Trinajstić information content (AvgIpc) is 2.69. The van der Waals surface area contributed by atoms with Crippen molar-refractivity contribution in [2.75, 3.05) is 6.54 Å². The third-order valence-corrected chi connectivity index (χ3v) is 4.35. The normalized spacial score (nSPS) is 16.6. The molecule has 0 aromatic heterocycles. The maximum Gasteiger partial charge on any atom is 0.288 e. The monoisotopic (exact) mass is 340 g/mol. The molecule has 1 aliphatic rings. The Hall–Kier alpha value is -1.70. The van der Waals surface area contributed by atoms with Gasteiger partial charge in [0.05, 0.1) is 9.83 Å². The van der Waals surface area contributed by atoms with Gasteiger partial charge in [0.15, 0.2) is 0 Å². The Morgan fingerprint density at radius 3 is 2.86 bits per heavy atom. The van der Waals surface area contributed by atoms with E-state index in [1.54, 1.807) is 18.2 Å². The fourth-order valence-electron chi connectivity index (χ4n) is 1.70. The van der Waals surface area contributed by atoms with Gasteiger partial charge in [-0.15, -0.1) is 6.58 Å². The van der Waals surface area contributed by atoms with E-state index >= 15 is 0 Å². The molecule has 1 amide bonds. The number of carbonyl (C=O) groups excluding carboxylic acids is 1. The number of amides is 1. The Balaban J connectivity index is 2.35. The Bertz CT molecular complexity index is 688. The molecule has 0 saturated carbocycles. The van der Waals surface area contributed by atoms with Crippen molar-refractivity contribution in [3.8, 4) is 0 Å². The molecular formula is C13H9ClN2O3S2. The Morgan fingerprint density at radius 2 is 2.24 bits per heavy atom. The molecule has 0 unspecified atom stereocenters. The van der Waals surface area contributed by atoms with E-state index in [-0.39, 0.29) is 16.6 Å². The van der Waals surface area contributed by atoms with Crippen LogP contribution in [-0.2, 0) is 4.79 Å². The summed E-state index contributed by atoms with van der Waals surface area (Å²) in [5.41, 5.74) is 0.317. The zero-order chi connectivity index (χ0) is 15.6. The lowest BCUT2D eigenvalue weighted by Gasteiger charge is -2.10. The van der Waals surface area contributed by atoms with Crippen LogP contribution in [0.15, 0.2) is 35.8 Å². The molecular weight excluding hydrogens is 332 g/mol. The minimum atomic E-state index is -0.567. The van der Waals surface area contributed by atoms with Crippen LogP contribution in [0.25, 0.3) is 6.08 Å². The van der Waals surface area contributed by atoms with E-state index < -0.39 is 4.92 Å². The van der Waals surface area contributed by atoms with Gasteiger partial charge in [-0.05, 0) is 17.7 Å². The smallest absolute Gasteiger partial charge is 0.288 e. The van der Waals surface area contributed by atoms with Crippen molar-refractivity contribution < 1.29 is 9.72 Å². The first-order valence-corrected chi connectivity index (χ1v) is 7.34. The van der Waals surface area contributed by atoms with Gasteiger partial charge in [-0.2, -0.15) is 0 Å². The van der Waals surface area contributed by atoms with Gasteiger partial charge in [0.1, 0.15) is 9.34 Å². The highest BCUT2D eigenvalue weighted by Gasteiger charge is 2.31. The summed E-state index contributed by atoms with van der Waals surface area (Å²) in [5, 5.41) is 10.9. The molecule has 1 aromatic rings. The molecule has 21 heavy (non-hydrogen) atoms. The van der Waals surface area contributed by atoms with Crippen LogP contribution in [-0.4, -0.2) is 26.6 Å². The fraction of sp³-hybridized carbons (Fsp3) is 0.0769. The number of nitrogens with zero attached hydrogens (tertiary/aromatic N) is 2. The van der Waals surface area contributed by atoms with Gasteiger partial charge in [-0.25, -0.2) is 0 Å². The SMILES string of the molecule is C=CCN1C(=O)C(=Cc2ccc(Cl)c([N+](=O)[O-])c2)SC1=S. The molecule has 1 aliphatic heterocycles. The number of nitro benzene ring substituents is 1. The third-order valence-electron chi connectivity index (χ3n) is 2.65. The summed E-state index contributed by atoms with van der Waals surface area (Å²) in [7, 11) is 0. The van der Waals surface area contributed by atoms with Crippen molar-refractivity contribution in [2.45, 2.75) is 0 Å². The lowest BCUT2D eigenvalue weighted by Crippen LogP contribution is -2.27. The van der Waals surface area contributed by atoms with Gasteiger partial charge in [-0.3, -0.25) is 19.8 Å². The molecule has 1 fully saturated rings. The summed E-state index contributed by atoms with van der Waals surface area (Å²) in [6.45, 7) is 3.91. The number of thiocarbonyl (C=S) groups is 1. The van der Waals surface area contributed by atoms with Crippen LogP contribution in [0.4, 0.5) is 5.69 Å². The van der Waals surface area contributed by atoms with Crippen molar-refractivity contribution >= 4 is 57.6 Å². The highest BCUT2D eigenvalue weighted by atomic mass is 35.5. The summed E-state index contributed by atoms with van der Waals surface area (Å²) in [6.07, 6.45) is 3.15. The van der Waals surface area contributed by atoms with Crippen molar-refractivity contribution in [3.05, 3.63) is 56.5 Å². The lowest BCUT2D eigenvalue weighted by molar-refractivity contribution is -0.384. The van der Waals surface area contributed by atoms with Gasteiger partial charge in [-0.1, -0.05) is 47.7 Å². The number of thioether (sulfide) groups is 1. The van der Waals surface area contributed by atoms with Gasteiger partial charge in [0, 0.05) is 12.6 Å². The molecule has 0 spiro atoms. The maximum absolute atomic E-state index is 12.1. The van der Waals surface area contributed by atoms with E-state index in [0.717, 1.165) is 11.8 Å². The maximum atomic E-state index is 12.1. The Kier molecular flexibility index (Phi) is 4.76. The van der Waals surface area contributed by atoms with Crippen molar-refractivity contribution in [2.24, 2.45) is 0 Å². The first kappa shape index (κ1) is 15.7. The minimum absolute atomic E-state index is 0.0522. The lowest BCUT2D eigenvalue weighted by atomic mass is 10.2. The predicted molar refractivity (Wildman–Crippen MR) is 88.2 cm³/mol. The molecule has 0 radical (unpaired) electrons. The zero-order valence-electron chi connectivity index (χ0n) is 10.6. The second-order valence-electron chi connectivity index (χ2n) is 4.05. The van der Waals surface area contributed by atoms with E-state index in [1.807, 2.05) is 0 Å². The van der Waals surface area contributed by atoms with Gasteiger partial charge in [0.25, 0.3) is 11.6 Å². The molecule has 1 saturated heterocycles. The number of rotatable bonds is 4. The van der Waals surface area contributed by atoms with E-state index in [2.05, 4.69) is 6.58 Å². The summed E-state index contributed by atoms with van der Waals surface area (Å²) in [5.74, 6) is -0.234. The van der Waals surface area contributed by atoms with E-state index in [1.165, 1.54) is 17.0 Å². The third kappa shape index (κ3) is 3.31. The number of hydrogen-bond donors (Lipinski definition) is 0.